The number of rotatable bonds is 0. The van der Waals surface area contributed by atoms with Gasteiger partial charge in [-0.2, -0.15) is 0 Å². The minimum atomic E-state index is -0.267. The zero-order valence-corrected chi connectivity index (χ0v) is 18.5. The van der Waals surface area contributed by atoms with Gasteiger partial charge in [0.1, 0.15) is 0 Å². The highest BCUT2D eigenvalue weighted by Crippen LogP contribution is 2.64. The van der Waals surface area contributed by atoms with Gasteiger partial charge in [0.2, 0.25) is 0 Å². The first-order chi connectivity index (χ1) is 16.2. The van der Waals surface area contributed by atoms with Gasteiger partial charge in [-0.05, 0) is 63.1 Å². The maximum Gasteiger partial charge on any atom is 0.0725 e. The molecule has 1 heterocycles. The van der Waals surface area contributed by atoms with Gasteiger partial charge in [0.15, 0.2) is 0 Å². The fourth-order valence-corrected chi connectivity index (χ4v) is 7.06. The summed E-state index contributed by atoms with van der Waals surface area (Å²) in [6, 6.07) is 32.3. The van der Waals surface area contributed by atoms with Crippen LogP contribution in [0.15, 0.2) is 109 Å². The molecule has 0 amide bonds. The van der Waals surface area contributed by atoms with Crippen LogP contribution in [-0.2, 0) is 10.8 Å². The Hall–Kier alpha value is -3.84. The second kappa shape index (κ2) is 5.74. The van der Waals surface area contributed by atoms with Crippen molar-refractivity contribution in [1.29, 1.82) is 0 Å². The average molecular weight is 422 g/mol. The van der Waals surface area contributed by atoms with Gasteiger partial charge in [0, 0.05) is 11.1 Å². The van der Waals surface area contributed by atoms with Crippen LogP contribution in [0, 0.1) is 0 Å². The lowest BCUT2D eigenvalue weighted by atomic mass is 9.69. The highest BCUT2D eigenvalue weighted by atomic mass is 15.0. The van der Waals surface area contributed by atoms with Gasteiger partial charge < -0.3 is 5.32 Å². The molecule has 33 heavy (non-hydrogen) atoms. The summed E-state index contributed by atoms with van der Waals surface area (Å²) in [4.78, 5) is 0. The first-order valence-electron chi connectivity index (χ1n) is 11.8. The van der Waals surface area contributed by atoms with Crippen LogP contribution in [-0.4, -0.2) is 6.04 Å². The van der Waals surface area contributed by atoms with Crippen molar-refractivity contribution in [3.05, 3.63) is 137 Å². The van der Waals surface area contributed by atoms with Gasteiger partial charge in [-0.25, -0.2) is 0 Å². The van der Waals surface area contributed by atoms with Crippen LogP contribution in [0.4, 0.5) is 5.69 Å². The van der Waals surface area contributed by atoms with E-state index in [1.165, 1.54) is 55.8 Å². The summed E-state index contributed by atoms with van der Waals surface area (Å²) in [6.45, 7) is 2.37. The molecule has 4 aromatic carbocycles. The van der Waals surface area contributed by atoms with Crippen molar-refractivity contribution in [2.45, 2.75) is 23.8 Å². The van der Waals surface area contributed by atoms with Gasteiger partial charge in [0.25, 0.3) is 0 Å². The van der Waals surface area contributed by atoms with Crippen molar-refractivity contribution in [1.82, 2.24) is 0 Å². The van der Waals surface area contributed by atoms with E-state index in [1.807, 2.05) is 0 Å². The molecule has 0 aromatic heterocycles. The molecule has 8 rings (SSSR count). The molecule has 156 valence electrons. The summed E-state index contributed by atoms with van der Waals surface area (Å²) in [6.07, 6.45) is 9.04. The second-order valence-corrected chi connectivity index (χ2v) is 9.98. The Morgan fingerprint density at radius 2 is 1.18 bits per heavy atom. The van der Waals surface area contributed by atoms with Gasteiger partial charge in [0.05, 0.1) is 11.5 Å². The standard InChI is InChI=1S/C32H23N/c1-31-17-9-8-16-30(31)33-29-18-23-22-12-4-7-15-26(22)32(27(23)19-28(29)31)24-13-5-2-10-20(24)21-11-3-6-14-25(21)32/h2-19,30,33H,1H3. The molecule has 1 N–H and O–H groups in total. The number of fused-ring (bicyclic) bond motifs is 13. The topological polar surface area (TPSA) is 12.0 Å². The average Bonchev–Trinajstić information content (AvgIpc) is 3.44. The summed E-state index contributed by atoms with van der Waals surface area (Å²) in [5, 5.41) is 3.82. The fraction of sp³-hybridized carbons (Fsp3) is 0.125. The Morgan fingerprint density at radius 1 is 0.606 bits per heavy atom. The van der Waals surface area contributed by atoms with Crippen molar-refractivity contribution >= 4 is 5.69 Å². The normalized spacial score (nSPS) is 23.4. The van der Waals surface area contributed by atoms with E-state index in [-0.39, 0.29) is 10.8 Å². The van der Waals surface area contributed by atoms with E-state index in [4.69, 9.17) is 0 Å². The molecule has 2 unspecified atom stereocenters. The Bertz CT molecular complexity index is 1520. The van der Waals surface area contributed by atoms with Gasteiger partial charge in [-0.15, -0.1) is 0 Å². The van der Waals surface area contributed by atoms with Crippen LogP contribution < -0.4 is 5.32 Å². The molecule has 1 nitrogen and oxygen atoms in total. The molecule has 0 bridgehead atoms. The maximum absolute atomic E-state index is 3.82. The Morgan fingerprint density at radius 3 is 1.82 bits per heavy atom. The van der Waals surface area contributed by atoms with Gasteiger partial charge in [-0.1, -0.05) is 103 Å². The number of allylic oxidation sites excluding steroid dienone is 2. The number of nitrogens with one attached hydrogen (secondary N) is 1. The Balaban J connectivity index is 1.53. The monoisotopic (exact) mass is 421 g/mol. The van der Waals surface area contributed by atoms with Gasteiger partial charge in [-0.3, -0.25) is 0 Å². The summed E-state index contributed by atoms with van der Waals surface area (Å²) < 4.78 is 0. The molecule has 4 aromatic rings. The van der Waals surface area contributed by atoms with Crippen LogP contribution in [0.25, 0.3) is 22.3 Å². The first-order valence-corrected chi connectivity index (χ1v) is 11.8. The van der Waals surface area contributed by atoms with Crippen molar-refractivity contribution in [3.8, 4) is 22.3 Å². The predicted molar refractivity (Wildman–Crippen MR) is 136 cm³/mol. The molecule has 1 aliphatic heterocycles. The lowest BCUT2D eigenvalue weighted by Crippen LogP contribution is -2.34. The second-order valence-electron chi connectivity index (χ2n) is 9.98. The van der Waals surface area contributed by atoms with Crippen molar-refractivity contribution in [2.75, 3.05) is 5.32 Å². The summed E-state index contributed by atoms with van der Waals surface area (Å²) >= 11 is 0. The third kappa shape index (κ3) is 1.88. The molecule has 0 radical (unpaired) electrons. The third-order valence-electron chi connectivity index (χ3n) is 8.53. The van der Waals surface area contributed by atoms with Crippen molar-refractivity contribution < 1.29 is 0 Å². The number of benzene rings is 4. The molecule has 0 fully saturated rings. The van der Waals surface area contributed by atoms with Crippen LogP contribution in [0.3, 0.4) is 0 Å². The molecular formula is C32H23N. The van der Waals surface area contributed by atoms with E-state index in [9.17, 15) is 0 Å². The van der Waals surface area contributed by atoms with Crippen molar-refractivity contribution in [3.63, 3.8) is 0 Å². The number of hydrogen-bond donors (Lipinski definition) is 1. The quantitative estimate of drug-likeness (QED) is 0.273. The highest BCUT2D eigenvalue weighted by molar-refractivity contribution is 5.96. The van der Waals surface area contributed by atoms with E-state index in [0.29, 0.717) is 6.04 Å². The van der Waals surface area contributed by atoms with E-state index in [0.717, 1.165) is 0 Å². The molecule has 1 heteroatoms. The minimum Gasteiger partial charge on any atom is -0.377 e. The SMILES string of the molecule is CC12C=CC=CC1Nc1cc3c(cc12)C1(c2ccccc2-c2ccccc21)c1ccccc1-3. The zero-order valence-electron chi connectivity index (χ0n) is 18.5. The van der Waals surface area contributed by atoms with Crippen molar-refractivity contribution in [2.24, 2.45) is 0 Å². The largest absolute Gasteiger partial charge is 0.377 e. The fourth-order valence-electron chi connectivity index (χ4n) is 7.06. The number of anilines is 1. The minimum absolute atomic E-state index is 0.0350. The van der Waals surface area contributed by atoms with E-state index in [2.05, 4.69) is 121 Å². The smallest absolute Gasteiger partial charge is 0.0725 e. The molecular weight excluding hydrogens is 398 g/mol. The lowest BCUT2D eigenvalue weighted by molar-refractivity contribution is 0.577. The van der Waals surface area contributed by atoms with E-state index in [1.54, 1.807) is 0 Å². The van der Waals surface area contributed by atoms with Crippen LogP contribution >= 0.6 is 0 Å². The maximum atomic E-state index is 3.82. The van der Waals surface area contributed by atoms with Crippen LogP contribution in [0.2, 0.25) is 0 Å². The predicted octanol–water partition coefficient (Wildman–Crippen LogP) is 7.21. The van der Waals surface area contributed by atoms with E-state index < -0.39 is 0 Å². The summed E-state index contributed by atoms with van der Waals surface area (Å²) in [7, 11) is 0. The molecule has 4 aliphatic rings. The lowest BCUT2D eigenvalue weighted by Gasteiger charge is -2.32. The van der Waals surface area contributed by atoms with Gasteiger partial charge >= 0.3 is 0 Å². The molecule has 0 saturated heterocycles. The molecule has 0 saturated carbocycles. The molecule has 3 aliphatic carbocycles. The van der Waals surface area contributed by atoms with Crippen LogP contribution in [0.1, 0.15) is 34.7 Å². The first kappa shape index (κ1) is 17.7. The summed E-state index contributed by atoms with van der Waals surface area (Å²) in [5.74, 6) is 0. The molecule has 2 atom stereocenters. The van der Waals surface area contributed by atoms with E-state index >= 15 is 0 Å². The highest BCUT2D eigenvalue weighted by Gasteiger charge is 2.53. The third-order valence-corrected chi connectivity index (χ3v) is 8.53. The Labute approximate surface area is 194 Å². The number of hydrogen-bond acceptors (Lipinski definition) is 1. The molecule has 1 spiro atoms. The summed E-state index contributed by atoms with van der Waals surface area (Å²) in [5.41, 5.74) is 13.4. The van der Waals surface area contributed by atoms with Crippen LogP contribution in [0.5, 0.6) is 0 Å². The zero-order chi connectivity index (χ0) is 21.8. The Kier molecular flexibility index (Phi) is 3.08.